The summed E-state index contributed by atoms with van der Waals surface area (Å²) in [4.78, 5) is 20.2. The third-order valence-corrected chi connectivity index (χ3v) is 4.11. The molecule has 0 bridgehead atoms. The fraction of sp³-hybridized carbons (Fsp3) is 0.222. The van der Waals surface area contributed by atoms with Gasteiger partial charge in [-0.2, -0.15) is 0 Å². The third-order valence-electron chi connectivity index (χ3n) is 4.11. The molecule has 1 aliphatic heterocycles. The molecule has 114 valence electrons. The van der Waals surface area contributed by atoms with Gasteiger partial charge in [-0.3, -0.25) is 0 Å². The van der Waals surface area contributed by atoms with Crippen LogP contribution in [0.25, 0.3) is 11.4 Å². The van der Waals surface area contributed by atoms with Crippen LogP contribution in [0.1, 0.15) is 24.6 Å². The molecule has 1 atom stereocenters. The first kappa shape index (κ1) is 13.8. The Bertz CT molecular complexity index is 776. The lowest BCUT2D eigenvalue weighted by Crippen LogP contribution is -2.25. The van der Waals surface area contributed by atoms with Gasteiger partial charge in [0.25, 0.3) is 0 Å². The average Bonchev–Trinajstić information content (AvgIpc) is 3.13. The maximum atomic E-state index is 4.79. The Morgan fingerprint density at radius 1 is 0.870 bits per heavy atom. The lowest BCUT2D eigenvalue weighted by molar-refractivity contribution is 0.677. The van der Waals surface area contributed by atoms with E-state index in [1.165, 1.54) is 0 Å². The van der Waals surface area contributed by atoms with E-state index in [1.54, 1.807) is 12.4 Å². The van der Waals surface area contributed by atoms with Crippen LogP contribution in [0.4, 0.5) is 5.95 Å². The minimum Gasteiger partial charge on any atom is -0.332 e. The van der Waals surface area contributed by atoms with Crippen LogP contribution in [-0.4, -0.2) is 26.5 Å². The van der Waals surface area contributed by atoms with Gasteiger partial charge in [0.1, 0.15) is 0 Å². The predicted octanol–water partition coefficient (Wildman–Crippen LogP) is 3.28. The topological polar surface area (TPSA) is 54.8 Å². The summed E-state index contributed by atoms with van der Waals surface area (Å²) in [7, 11) is 0. The molecule has 1 aliphatic rings. The first-order valence-corrected chi connectivity index (χ1v) is 7.84. The summed E-state index contributed by atoms with van der Waals surface area (Å²) in [5, 5.41) is 0. The van der Waals surface area contributed by atoms with Crippen LogP contribution in [0.5, 0.6) is 0 Å². The van der Waals surface area contributed by atoms with E-state index < -0.39 is 0 Å². The van der Waals surface area contributed by atoms with Crippen molar-refractivity contribution in [2.24, 2.45) is 0 Å². The van der Waals surface area contributed by atoms with E-state index in [0.717, 1.165) is 42.4 Å². The fourth-order valence-electron chi connectivity index (χ4n) is 3.04. The molecule has 0 radical (unpaired) electrons. The number of hydrogen-bond donors (Lipinski definition) is 0. The standard InChI is InChI=1S/C18H17N5/c1-2-6-14(7-3-1)17-19-12-9-15(22-17)16-8-4-13-23(16)18-20-10-5-11-21-18/h1-3,5-7,9-12,16H,4,8,13H2/t16-/m1/s1. The quantitative estimate of drug-likeness (QED) is 0.743. The normalized spacial score (nSPS) is 17.4. The van der Waals surface area contributed by atoms with Gasteiger partial charge < -0.3 is 4.90 Å². The second-order valence-electron chi connectivity index (χ2n) is 5.57. The molecule has 0 spiro atoms. The SMILES string of the molecule is c1ccc(-c2nccc([C@H]3CCCN3c3ncccn3)n2)cc1. The Kier molecular flexibility index (Phi) is 3.68. The maximum absolute atomic E-state index is 4.79. The molecule has 0 N–H and O–H groups in total. The first-order valence-electron chi connectivity index (χ1n) is 7.84. The molecule has 3 heterocycles. The molecule has 5 heteroatoms. The van der Waals surface area contributed by atoms with Crippen molar-refractivity contribution in [1.82, 2.24) is 19.9 Å². The average molecular weight is 303 g/mol. The van der Waals surface area contributed by atoms with E-state index in [9.17, 15) is 0 Å². The van der Waals surface area contributed by atoms with E-state index >= 15 is 0 Å². The van der Waals surface area contributed by atoms with Crippen LogP contribution in [0, 0.1) is 0 Å². The summed E-state index contributed by atoms with van der Waals surface area (Å²) < 4.78 is 0. The Labute approximate surface area is 135 Å². The molecule has 1 fully saturated rings. The number of nitrogens with zero attached hydrogens (tertiary/aromatic N) is 5. The first-order chi connectivity index (χ1) is 11.4. The smallest absolute Gasteiger partial charge is 0.225 e. The largest absolute Gasteiger partial charge is 0.332 e. The lowest BCUT2D eigenvalue weighted by atomic mass is 10.1. The van der Waals surface area contributed by atoms with Gasteiger partial charge in [0.05, 0.1) is 11.7 Å². The van der Waals surface area contributed by atoms with Gasteiger partial charge >= 0.3 is 0 Å². The molecule has 1 aromatic carbocycles. The summed E-state index contributed by atoms with van der Waals surface area (Å²) in [5.74, 6) is 1.54. The highest BCUT2D eigenvalue weighted by Crippen LogP contribution is 2.33. The van der Waals surface area contributed by atoms with Gasteiger partial charge in [-0.05, 0) is 25.0 Å². The van der Waals surface area contributed by atoms with Crippen LogP contribution in [0.2, 0.25) is 0 Å². The monoisotopic (exact) mass is 303 g/mol. The Morgan fingerprint density at radius 2 is 1.70 bits per heavy atom. The molecule has 3 aromatic rings. The molecule has 2 aromatic heterocycles. The number of aromatic nitrogens is 4. The highest BCUT2D eigenvalue weighted by molar-refractivity contribution is 5.54. The summed E-state index contributed by atoms with van der Waals surface area (Å²) in [6.45, 7) is 0.958. The molecule has 0 amide bonds. The van der Waals surface area contributed by atoms with Crippen LogP contribution in [0.3, 0.4) is 0 Å². The van der Waals surface area contributed by atoms with Crippen molar-refractivity contribution < 1.29 is 0 Å². The number of hydrogen-bond acceptors (Lipinski definition) is 5. The summed E-state index contributed by atoms with van der Waals surface area (Å²) in [5.41, 5.74) is 2.07. The molecular formula is C18H17N5. The summed E-state index contributed by atoms with van der Waals surface area (Å²) in [6.07, 6.45) is 7.59. The van der Waals surface area contributed by atoms with Crippen LogP contribution in [-0.2, 0) is 0 Å². The predicted molar refractivity (Wildman–Crippen MR) is 88.8 cm³/mol. The number of rotatable bonds is 3. The Balaban J connectivity index is 1.68. The van der Waals surface area contributed by atoms with Crippen molar-refractivity contribution in [3.05, 3.63) is 66.7 Å². The van der Waals surface area contributed by atoms with Gasteiger partial charge in [0.15, 0.2) is 5.82 Å². The third kappa shape index (κ3) is 2.77. The van der Waals surface area contributed by atoms with Crippen molar-refractivity contribution in [2.75, 3.05) is 11.4 Å². The van der Waals surface area contributed by atoms with E-state index in [-0.39, 0.29) is 6.04 Å². The van der Waals surface area contributed by atoms with Crippen molar-refractivity contribution in [2.45, 2.75) is 18.9 Å². The van der Waals surface area contributed by atoms with Crippen LogP contribution < -0.4 is 4.90 Å². The second-order valence-corrected chi connectivity index (χ2v) is 5.57. The molecule has 0 saturated carbocycles. The molecule has 23 heavy (non-hydrogen) atoms. The molecule has 0 aliphatic carbocycles. The minimum absolute atomic E-state index is 0.211. The zero-order valence-electron chi connectivity index (χ0n) is 12.7. The van der Waals surface area contributed by atoms with Crippen molar-refractivity contribution in [3.63, 3.8) is 0 Å². The molecule has 1 saturated heterocycles. The van der Waals surface area contributed by atoms with Crippen LogP contribution in [0.15, 0.2) is 61.1 Å². The highest BCUT2D eigenvalue weighted by Gasteiger charge is 2.29. The van der Waals surface area contributed by atoms with E-state index in [2.05, 4.69) is 19.9 Å². The van der Waals surface area contributed by atoms with Gasteiger partial charge in [-0.15, -0.1) is 0 Å². The second kappa shape index (κ2) is 6.12. The van der Waals surface area contributed by atoms with Crippen LogP contribution >= 0.6 is 0 Å². The van der Waals surface area contributed by atoms with Crippen molar-refractivity contribution in [3.8, 4) is 11.4 Å². The maximum Gasteiger partial charge on any atom is 0.225 e. The highest BCUT2D eigenvalue weighted by atomic mass is 15.3. The van der Waals surface area contributed by atoms with Gasteiger partial charge in [0.2, 0.25) is 5.95 Å². The Hall–Kier alpha value is -2.82. The summed E-state index contributed by atoms with van der Waals surface area (Å²) >= 11 is 0. The van der Waals surface area contributed by atoms with Crippen molar-refractivity contribution >= 4 is 5.95 Å². The Morgan fingerprint density at radius 3 is 2.52 bits per heavy atom. The van der Waals surface area contributed by atoms with E-state index in [0.29, 0.717) is 0 Å². The van der Waals surface area contributed by atoms with Crippen molar-refractivity contribution in [1.29, 1.82) is 0 Å². The van der Waals surface area contributed by atoms with E-state index in [1.807, 2.05) is 48.7 Å². The zero-order valence-corrected chi connectivity index (χ0v) is 12.7. The molecule has 0 unspecified atom stereocenters. The molecular weight excluding hydrogens is 286 g/mol. The fourth-order valence-corrected chi connectivity index (χ4v) is 3.04. The van der Waals surface area contributed by atoms with Gasteiger partial charge in [-0.25, -0.2) is 19.9 Å². The summed E-state index contributed by atoms with van der Waals surface area (Å²) in [6, 6.07) is 14.1. The van der Waals surface area contributed by atoms with E-state index in [4.69, 9.17) is 4.98 Å². The van der Waals surface area contributed by atoms with Gasteiger partial charge in [0, 0.05) is 30.7 Å². The minimum atomic E-state index is 0.211. The molecule has 4 rings (SSSR count). The number of anilines is 1. The number of benzene rings is 1. The van der Waals surface area contributed by atoms with Gasteiger partial charge in [-0.1, -0.05) is 30.3 Å². The molecule has 5 nitrogen and oxygen atoms in total. The zero-order chi connectivity index (χ0) is 15.5. The lowest BCUT2D eigenvalue weighted by Gasteiger charge is -2.24.